The number of aromatic nitrogens is 6. The molecule has 1 N–H and O–H groups in total. The number of nitrogens with one attached hydrogen (secondary N) is 1. The van der Waals surface area contributed by atoms with E-state index in [9.17, 15) is 0 Å². The van der Waals surface area contributed by atoms with Gasteiger partial charge in [0.2, 0.25) is 0 Å². The van der Waals surface area contributed by atoms with E-state index in [-0.39, 0.29) is 6.04 Å². The average molecular weight is 389 g/mol. The second kappa shape index (κ2) is 6.97. The number of fused-ring (bicyclic) bond motifs is 1. The summed E-state index contributed by atoms with van der Waals surface area (Å²) in [5.41, 5.74) is 4.63. The van der Waals surface area contributed by atoms with Gasteiger partial charge in [0.25, 0.3) is 0 Å². The van der Waals surface area contributed by atoms with Crippen molar-refractivity contribution in [2.45, 2.75) is 19.9 Å². The summed E-state index contributed by atoms with van der Waals surface area (Å²) in [5.74, 6) is 1.59. The first-order valence-electron chi connectivity index (χ1n) is 9.78. The molecule has 4 aromatic rings. The van der Waals surface area contributed by atoms with Crippen LogP contribution in [0.25, 0.3) is 33.7 Å². The molecule has 1 aliphatic heterocycles. The number of ether oxygens (including phenoxy) is 1. The third-order valence-electron chi connectivity index (χ3n) is 5.45. The summed E-state index contributed by atoms with van der Waals surface area (Å²) in [6, 6.07) is 10.5. The lowest BCUT2D eigenvalue weighted by molar-refractivity contribution is 0.0985. The van der Waals surface area contributed by atoms with Gasteiger partial charge in [0.15, 0.2) is 5.82 Å². The summed E-state index contributed by atoms with van der Waals surface area (Å²) < 4.78 is 7.39. The van der Waals surface area contributed by atoms with Gasteiger partial charge in [0.05, 0.1) is 30.6 Å². The Bertz CT molecular complexity index is 1160. The zero-order valence-corrected chi connectivity index (χ0v) is 16.8. The van der Waals surface area contributed by atoms with Crippen molar-refractivity contribution in [1.82, 2.24) is 29.9 Å². The largest absolute Gasteiger partial charge is 0.377 e. The van der Waals surface area contributed by atoms with Crippen LogP contribution < -0.4 is 4.90 Å². The molecule has 0 unspecified atom stereocenters. The summed E-state index contributed by atoms with van der Waals surface area (Å²) in [4.78, 5) is 15.5. The minimum absolute atomic E-state index is 0.244. The molecule has 1 atom stereocenters. The molecular weight excluding hydrogens is 366 g/mol. The van der Waals surface area contributed by atoms with Gasteiger partial charge < -0.3 is 14.6 Å². The standard InChI is InChI=1S/C21H23N7O/c1-13-12-29-10-9-28(13)19-11-18(20-14(2)25-26-27(20)3)23-21(24-19)16-5-4-6-17-15(16)7-8-22-17/h4-8,11,13,22H,9-10,12H2,1-3H3/t13-/m1/s1. The number of benzene rings is 1. The Balaban J connectivity index is 1.73. The van der Waals surface area contributed by atoms with E-state index < -0.39 is 0 Å². The molecule has 0 saturated carbocycles. The van der Waals surface area contributed by atoms with Crippen molar-refractivity contribution in [2.24, 2.45) is 7.05 Å². The molecule has 5 rings (SSSR count). The molecule has 0 bridgehead atoms. The molecule has 8 heteroatoms. The number of nitrogens with zero attached hydrogens (tertiary/aromatic N) is 6. The molecule has 0 amide bonds. The molecule has 1 fully saturated rings. The summed E-state index contributed by atoms with van der Waals surface area (Å²) in [7, 11) is 1.89. The van der Waals surface area contributed by atoms with Crippen LogP contribution in [0.4, 0.5) is 5.82 Å². The molecule has 3 aromatic heterocycles. The van der Waals surface area contributed by atoms with E-state index in [2.05, 4.69) is 45.3 Å². The molecule has 0 aliphatic carbocycles. The van der Waals surface area contributed by atoms with E-state index in [1.165, 1.54) is 0 Å². The van der Waals surface area contributed by atoms with Crippen LogP contribution >= 0.6 is 0 Å². The van der Waals surface area contributed by atoms with Crippen molar-refractivity contribution in [1.29, 1.82) is 0 Å². The Labute approximate surface area is 168 Å². The monoisotopic (exact) mass is 389 g/mol. The van der Waals surface area contributed by atoms with Crippen LogP contribution in [0.3, 0.4) is 0 Å². The van der Waals surface area contributed by atoms with Crippen molar-refractivity contribution >= 4 is 16.7 Å². The smallest absolute Gasteiger partial charge is 0.162 e. The maximum atomic E-state index is 5.62. The maximum Gasteiger partial charge on any atom is 0.162 e. The fourth-order valence-electron chi connectivity index (χ4n) is 3.98. The fraction of sp³-hybridized carbons (Fsp3) is 0.333. The van der Waals surface area contributed by atoms with Crippen molar-refractivity contribution in [2.75, 3.05) is 24.7 Å². The van der Waals surface area contributed by atoms with Gasteiger partial charge in [-0.3, -0.25) is 0 Å². The Morgan fingerprint density at radius 2 is 2.10 bits per heavy atom. The van der Waals surface area contributed by atoms with Gasteiger partial charge in [-0.15, -0.1) is 5.10 Å². The van der Waals surface area contributed by atoms with Crippen LogP contribution in [0.2, 0.25) is 0 Å². The Kier molecular flexibility index (Phi) is 4.28. The maximum absolute atomic E-state index is 5.62. The number of anilines is 1. The second-order valence-corrected chi connectivity index (χ2v) is 7.44. The van der Waals surface area contributed by atoms with Gasteiger partial charge in [-0.05, 0) is 26.0 Å². The first-order chi connectivity index (χ1) is 14.1. The van der Waals surface area contributed by atoms with E-state index >= 15 is 0 Å². The fourth-order valence-corrected chi connectivity index (χ4v) is 3.98. The Morgan fingerprint density at radius 3 is 2.90 bits per heavy atom. The highest BCUT2D eigenvalue weighted by Crippen LogP contribution is 2.31. The number of hydrogen-bond donors (Lipinski definition) is 1. The average Bonchev–Trinajstić information content (AvgIpc) is 3.34. The van der Waals surface area contributed by atoms with Crippen LogP contribution in [0, 0.1) is 6.92 Å². The lowest BCUT2D eigenvalue weighted by Crippen LogP contribution is -2.44. The normalized spacial score (nSPS) is 17.2. The quantitative estimate of drug-likeness (QED) is 0.580. The van der Waals surface area contributed by atoms with Crippen LogP contribution in [-0.4, -0.2) is 55.7 Å². The van der Waals surface area contributed by atoms with Crippen molar-refractivity contribution in [3.05, 3.63) is 42.2 Å². The highest BCUT2D eigenvalue weighted by molar-refractivity contribution is 5.93. The molecular formula is C21H23N7O. The zero-order valence-electron chi connectivity index (χ0n) is 16.8. The molecule has 1 saturated heterocycles. The Morgan fingerprint density at radius 1 is 1.21 bits per heavy atom. The highest BCUT2D eigenvalue weighted by Gasteiger charge is 2.23. The highest BCUT2D eigenvalue weighted by atomic mass is 16.5. The molecule has 0 radical (unpaired) electrons. The van der Waals surface area contributed by atoms with Crippen LogP contribution in [0.5, 0.6) is 0 Å². The summed E-state index contributed by atoms with van der Waals surface area (Å²) in [5, 5.41) is 9.47. The molecule has 1 aliphatic rings. The summed E-state index contributed by atoms with van der Waals surface area (Å²) >= 11 is 0. The number of hydrogen-bond acceptors (Lipinski definition) is 6. The van der Waals surface area contributed by atoms with Gasteiger partial charge in [0.1, 0.15) is 11.5 Å². The molecule has 1 aromatic carbocycles. The van der Waals surface area contributed by atoms with Crippen molar-refractivity contribution in [3.8, 4) is 22.8 Å². The molecule has 0 spiro atoms. The number of morpholine rings is 1. The minimum atomic E-state index is 0.244. The van der Waals surface area contributed by atoms with Gasteiger partial charge >= 0.3 is 0 Å². The van der Waals surface area contributed by atoms with Gasteiger partial charge in [-0.2, -0.15) is 0 Å². The SMILES string of the molecule is Cc1nnn(C)c1-c1cc(N2CCOC[C@H]2C)nc(-c2cccc3[nH]ccc23)n1. The minimum Gasteiger partial charge on any atom is -0.377 e. The van der Waals surface area contributed by atoms with Gasteiger partial charge in [-0.1, -0.05) is 17.3 Å². The Hall–Kier alpha value is -3.26. The number of aromatic amines is 1. The van der Waals surface area contributed by atoms with E-state index in [0.29, 0.717) is 19.0 Å². The summed E-state index contributed by atoms with van der Waals surface area (Å²) in [6.45, 7) is 6.29. The van der Waals surface area contributed by atoms with Gasteiger partial charge in [0, 0.05) is 42.3 Å². The lowest BCUT2D eigenvalue weighted by atomic mass is 10.1. The first kappa shape index (κ1) is 17.8. The molecule has 29 heavy (non-hydrogen) atoms. The third kappa shape index (κ3) is 3.05. The topological polar surface area (TPSA) is 84.8 Å². The molecule has 148 valence electrons. The van der Waals surface area contributed by atoms with Crippen LogP contribution in [0.1, 0.15) is 12.6 Å². The molecule has 8 nitrogen and oxygen atoms in total. The number of H-pyrrole nitrogens is 1. The number of rotatable bonds is 3. The van der Waals surface area contributed by atoms with E-state index in [0.717, 1.165) is 45.9 Å². The number of aryl methyl sites for hydroxylation is 2. The lowest BCUT2D eigenvalue weighted by Gasteiger charge is -2.34. The van der Waals surface area contributed by atoms with Crippen molar-refractivity contribution in [3.63, 3.8) is 0 Å². The van der Waals surface area contributed by atoms with Crippen LogP contribution in [0.15, 0.2) is 36.5 Å². The van der Waals surface area contributed by atoms with E-state index in [1.54, 1.807) is 4.68 Å². The predicted octanol–water partition coefficient (Wildman–Crippen LogP) is 2.95. The molecule has 4 heterocycles. The zero-order chi connectivity index (χ0) is 20.0. The predicted molar refractivity (Wildman–Crippen MR) is 112 cm³/mol. The second-order valence-electron chi connectivity index (χ2n) is 7.44. The van der Waals surface area contributed by atoms with E-state index in [4.69, 9.17) is 14.7 Å². The van der Waals surface area contributed by atoms with Crippen molar-refractivity contribution < 1.29 is 4.74 Å². The van der Waals surface area contributed by atoms with Crippen LogP contribution in [-0.2, 0) is 11.8 Å². The van der Waals surface area contributed by atoms with Gasteiger partial charge in [-0.25, -0.2) is 14.6 Å². The third-order valence-corrected chi connectivity index (χ3v) is 5.45. The first-order valence-corrected chi connectivity index (χ1v) is 9.78. The summed E-state index contributed by atoms with van der Waals surface area (Å²) in [6.07, 6.45) is 1.94. The van der Waals surface area contributed by atoms with E-state index in [1.807, 2.05) is 32.3 Å².